The van der Waals surface area contributed by atoms with Crippen LogP contribution in [0.2, 0.25) is 0 Å². The zero-order valence-corrected chi connectivity index (χ0v) is 24.4. The van der Waals surface area contributed by atoms with Gasteiger partial charge in [-0.2, -0.15) is 27.1 Å². The van der Waals surface area contributed by atoms with E-state index in [0.29, 0.717) is 11.4 Å². The summed E-state index contributed by atoms with van der Waals surface area (Å²) in [5.41, 5.74) is 13.3. The number of anilines is 2. The Labute approximate surface area is 251 Å². The summed E-state index contributed by atoms with van der Waals surface area (Å²) in [6, 6.07) is 16.3. The molecule has 44 heavy (non-hydrogen) atoms. The van der Waals surface area contributed by atoms with Crippen LogP contribution >= 0.6 is 0 Å². The molecule has 4 aromatic carbocycles. The Bertz CT molecular complexity index is 2090. The maximum atomic E-state index is 12.2. The van der Waals surface area contributed by atoms with Crippen LogP contribution in [0.25, 0.3) is 12.2 Å². The zero-order chi connectivity index (χ0) is 32.2. The van der Waals surface area contributed by atoms with E-state index in [2.05, 4.69) is 20.5 Å². The predicted octanol–water partition coefficient (Wildman–Crippen LogP) is 6.35. The average molecular weight is 637 g/mol. The molecule has 0 aliphatic carbocycles. The van der Waals surface area contributed by atoms with Gasteiger partial charge in [-0.05, 0) is 78.2 Å². The number of carboxylic acids is 1. The van der Waals surface area contributed by atoms with Gasteiger partial charge in [0.2, 0.25) is 0 Å². The predicted molar refractivity (Wildman–Crippen MR) is 163 cm³/mol. The normalized spacial score (nSPS) is 12.4. The van der Waals surface area contributed by atoms with Crippen molar-refractivity contribution in [2.75, 3.05) is 11.5 Å². The molecule has 0 heterocycles. The lowest BCUT2D eigenvalue weighted by molar-refractivity contribution is 0.0697. The van der Waals surface area contributed by atoms with Crippen molar-refractivity contribution >= 4 is 72.5 Å². The summed E-state index contributed by atoms with van der Waals surface area (Å²) in [5.74, 6) is -1.21. The molecule has 0 aliphatic heterocycles. The minimum Gasteiger partial charge on any atom is -0.478 e. The molecule has 7 N–H and O–H groups in total. The molecule has 0 aliphatic rings. The molecule has 0 bridgehead atoms. The highest BCUT2D eigenvalue weighted by molar-refractivity contribution is 7.86. The summed E-state index contributed by atoms with van der Waals surface area (Å²) in [7, 11) is -9.58. The number of aromatic carboxylic acids is 1. The Kier molecular flexibility index (Phi) is 9.00. The minimum atomic E-state index is -4.82. The lowest BCUT2D eigenvalue weighted by atomic mass is 10.1. The van der Waals surface area contributed by atoms with Crippen LogP contribution in [-0.4, -0.2) is 37.0 Å². The first-order valence-electron chi connectivity index (χ1n) is 12.4. The molecule has 0 amide bonds. The average Bonchev–Trinajstić information content (AvgIpc) is 2.95. The van der Waals surface area contributed by atoms with Gasteiger partial charge >= 0.3 is 5.97 Å². The monoisotopic (exact) mass is 636 g/mol. The van der Waals surface area contributed by atoms with Crippen LogP contribution in [-0.2, 0) is 20.2 Å². The van der Waals surface area contributed by atoms with Crippen molar-refractivity contribution in [2.45, 2.75) is 16.7 Å². The number of nitrogens with two attached hydrogens (primary N) is 2. The number of nitrogens with zero attached hydrogens (tertiary/aromatic N) is 4. The molecule has 4 aromatic rings. The second-order valence-electron chi connectivity index (χ2n) is 9.27. The lowest BCUT2D eigenvalue weighted by Crippen LogP contribution is -2.01. The summed E-state index contributed by atoms with van der Waals surface area (Å²) in [6.07, 6.45) is 2.42. The van der Waals surface area contributed by atoms with Crippen molar-refractivity contribution < 1.29 is 35.8 Å². The molecule has 0 spiro atoms. The Morgan fingerprint density at radius 2 is 1.11 bits per heavy atom. The Hall–Kier alpha value is -5.29. The third kappa shape index (κ3) is 7.75. The van der Waals surface area contributed by atoms with Crippen molar-refractivity contribution in [1.29, 1.82) is 0 Å². The van der Waals surface area contributed by atoms with Gasteiger partial charge in [-0.25, -0.2) is 4.79 Å². The van der Waals surface area contributed by atoms with E-state index in [9.17, 15) is 30.7 Å². The molecule has 16 heteroatoms. The fraction of sp³-hybridized carbons (Fsp3) is 0.0357. The summed E-state index contributed by atoms with van der Waals surface area (Å²) < 4.78 is 68.3. The van der Waals surface area contributed by atoms with Gasteiger partial charge in [0.15, 0.2) is 0 Å². The summed E-state index contributed by atoms with van der Waals surface area (Å²) >= 11 is 0. The van der Waals surface area contributed by atoms with E-state index >= 15 is 0 Å². The number of azo groups is 2. The van der Waals surface area contributed by atoms with Crippen LogP contribution < -0.4 is 11.5 Å². The molecule has 0 aromatic heterocycles. The molecule has 0 atom stereocenters. The van der Waals surface area contributed by atoms with E-state index in [-0.39, 0.29) is 39.4 Å². The van der Waals surface area contributed by atoms with E-state index in [1.54, 1.807) is 18.2 Å². The van der Waals surface area contributed by atoms with Gasteiger partial charge in [-0.3, -0.25) is 9.11 Å². The van der Waals surface area contributed by atoms with Crippen molar-refractivity contribution in [3.05, 3.63) is 95.1 Å². The number of hydrogen-bond acceptors (Lipinski definition) is 11. The molecule has 226 valence electrons. The Morgan fingerprint density at radius 3 is 1.57 bits per heavy atom. The largest absolute Gasteiger partial charge is 0.478 e. The highest BCUT2D eigenvalue weighted by Crippen LogP contribution is 2.31. The van der Waals surface area contributed by atoms with E-state index in [1.165, 1.54) is 54.6 Å². The van der Waals surface area contributed by atoms with Crippen LogP contribution in [0.15, 0.2) is 103 Å². The van der Waals surface area contributed by atoms with E-state index in [1.807, 2.05) is 6.92 Å². The highest BCUT2D eigenvalue weighted by Gasteiger charge is 2.18. The van der Waals surface area contributed by atoms with Gasteiger partial charge in [-0.1, -0.05) is 30.4 Å². The second kappa shape index (κ2) is 12.5. The summed E-state index contributed by atoms with van der Waals surface area (Å²) in [5, 5.41) is 25.0. The summed E-state index contributed by atoms with van der Waals surface area (Å²) in [6.45, 7) is 1.83. The molecule has 0 saturated heterocycles. The van der Waals surface area contributed by atoms with Gasteiger partial charge in [0.1, 0.15) is 21.2 Å². The van der Waals surface area contributed by atoms with Gasteiger partial charge in [0, 0.05) is 0 Å². The van der Waals surface area contributed by atoms with E-state index in [4.69, 9.17) is 16.6 Å². The number of carboxylic acid groups (broad SMARTS) is 1. The maximum absolute atomic E-state index is 12.2. The first-order valence-corrected chi connectivity index (χ1v) is 15.2. The molecule has 0 radical (unpaired) electrons. The lowest BCUT2D eigenvalue weighted by Gasteiger charge is -2.07. The van der Waals surface area contributed by atoms with Crippen LogP contribution in [0.5, 0.6) is 0 Å². The minimum absolute atomic E-state index is 0.0188. The van der Waals surface area contributed by atoms with Crippen molar-refractivity contribution in [3.63, 3.8) is 0 Å². The SMILES string of the molecule is Cc1ccc(N)c(/N=N/c2ccc(/C=C/c3ccc(/N=N/c4cc(C(=O)O)ccc4N)cc3S(=O)(=O)O)c(S(=O)(=O)O)c2)c1. The smallest absolute Gasteiger partial charge is 0.335 e. The first kappa shape index (κ1) is 31.6. The van der Waals surface area contributed by atoms with Gasteiger partial charge in [0.05, 0.1) is 28.3 Å². The molecule has 14 nitrogen and oxygen atoms in total. The third-order valence-corrected chi connectivity index (χ3v) is 7.82. The van der Waals surface area contributed by atoms with E-state index < -0.39 is 36.0 Å². The van der Waals surface area contributed by atoms with Gasteiger partial charge < -0.3 is 16.6 Å². The van der Waals surface area contributed by atoms with Crippen LogP contribution in [0, 0.1) is 6.92 Å². The molecular formula is C28H24N6O8S2. The topological polar surface area (TPSA) is 248 Å². The fourth-order valence-corrected chi connectivity index (χ4v) is 5.21. The quantitative estimate of drug-likeness (QED) is 0.0589. The standard InChI is InChI=1S/C28H24N6O8S2/c1-16-2-10-22(29)24(12-16)33-31-20-8-5-17(26(14-20)43(37,38)39)3-4-18-6-9-21(15-27(18)44(40,41)42)32-34-25-13-19(28(35)36)7-11-23(25)30/h2-15H,29-30H2,1H3,(H,35,36)(H,37,38,39)(H,40,41,42)/b4-3+,33-31+,34-32+. The maximum Gasteiger partial charge on any atom is 0.335 e. The number of hydrogen-bond donors (Lipinski definition) is 5. The van der Waals surface area contributed by atoms with Crippen molar-refractivity contribution in [2.24, 2.45) is 20.5 Å². The fourth-order valence-electron chi connectivity index (χ4n) is 3.80. The number of aryl methyl sites for hydroxylation is 1. The number of benzene rings is 4. The van der Waals surface area contributed by atoms with Gasteiger partial charge in [-0.15, -0.1) is 10.2 Å². The Balaban J connectivity index is 1.68. The van der Waals surface area contributed by atoms with Crippen molar-refractivity contribution in [3.8, 4) is 0 Å². The number of nitrogen functional groups attached to an aromatic ring is 2. The number of rotatable bonds is 9. The molecule has 0 saturated carbocycles. The zero-order valence-electron chi connectivity index (χ0n) is 22.7. The van der Waals surface area contributed by atoms with E-state index in [0.717, 1.165) is 17.7 Å². The molecule has 4 rings (SSSR count). The Morgan fingerprint density at radius 1 is 0.659 bits per heavy atom. The number of carbonyl (C=O) groups is 1. The molecular weight excluding hydrogens is 612 g/mol. The second-order valence-corrected chi connectivity index (χ2v) is 12.0. The van der Waals surface area contributed by atoms with Crippen LogP contribution in [0.1, 0.15) is 27.0 Å². The summed E-state index contributed by atoms with van der Waals surface area (Å²) in [4.78, 5) is 10.1. The van der Waals surface area contributed by atoms with Crippen LogP contribution in [0.3, 0.4) is 0 Å². The third-order valence-electron chi connectivity index (χ3n) is 6.00. The first-order chi connectivity index (χ1) is 20.6. The highest BCUT2D eigenvalue weighted by atomic mass is 32.2. The van der Waals surface area contributed by atoms with Crippen LogP contribution in [0.4, 0.5) is 34.1 Å². The van der Waals surface area contributed by atoms with Crippen molar-refractivity contribution in [1.82, 2.24) is 0 Å². The van der Waals surface area contributed by atoms with Gasteiger partial charge in [0.25, 0.3) is 20.2 Å². The molecule has 0 unspecified atom stereocenters. The molecule has 0 fully saturated rings.